The second-order valence-electron chi connectivity index (χ2n) is 13.3. The molecule has 7 heteroatoms. The number of aromatic nitrogens is 2. The van der Waals surface area contributed by atoms with E-state index in [9.17, 15) is 4.79 Å². The van der Waals surface area contributed by atoms with Crippen LogP contribution in [0.15, 0.2) is 60.7 Å². The lowest BCUT2D eigenvalue weighted by atomic mass is 9.95. The quantitative estimate of drug-likeness (QED) is 0.309. The molecule has 4 aliphatic rings. The number of amides is 2. The number of piperidine rings is 2. The summed E-state index contributed by atoms with van der Waals surface area (Å²) in [5.74, 6) is 1.21. The minimum atomic E-state index is 0.190. The molecule has 3 aromatic rings. The summed E-state index contributed by atoms with van der Waals surface area (Å²) < 4.78 is 2.65. The van der Waals surface area contributed by atoms with Gasteiger partial charge in [0.15, 0.2) is 0 Å². The monoisotopic (exact) mass is 580 g/mol. The lowest BCUT2D eigenvalue weighted by Crippen LogP contribution is -2.48. The standard InChI is InChI=1S/C36H48N6O/c1-28-37-34-27-38(26-29-12-5-2-6-13-29)23-18-35(34)42(28)33-24-31-16-17-32(25-33)40(31)21-11-22-41(30-14-7-3-8-15-30)36(43)39-19-9-4-10-20-39/h2-3,5-8,12-15,31-33H,4,9-11,16-27H2,1H3. The van der Waals surface area contributed by atoms with E-state index in [0.717, 1.165) is 77.2 Å². The Labute approximate surface area is 257 Å². The average molecular weight is 581 g/mol. The number of carbonyl (C=O) groups excluding carboxylic acids is 1. The Hall–Kier alpha value is -3.16. The normalized spacial score (nSPS) is 24.2. The molecule has 7 rings (SSSR count). The highest BCUT2D eigenvalue weighted by molar-refractivity contribution is 5.92. The van der Waals surface area contributed by atoms with Gasteiger partial charge in [-0.25, -0.2) is 9.78 Å². The predicted molar refractivity (Wildman–Crippen MR) is 172 cm³/mol. The van der Waals surface area contributed by atoms with E-state index in [1.165, 1.54) is 54.9 Å². The van der Waals surface area contributed by atoms with E-state index in [2.05, 4.69) is 80.8 Å². The van der Waals surface area contributed by atoms with Crippen molar-refractivity contribution in [3.05, 3.63) is 83.4 Å². The smallest absolute Gasteiger partial charge is 0.324 e. The predicted octanol–water partition coefficient (Wildman–Crippen LogP) is 6.42. The van der Waals surface area contributed by atoms with Crippen LogP contribution in [-0.2, 0) is 19.5 Å². The first-order valence-electron chi connectivity index (χ1n) is 16.8. The number of rotatable bonds is 8. The van der Waals surface area contributed by atoms with Gasteiger partial charge >= 0.3 is 6.03 Å². The van der Waals surface area contributed by atoms with Crippen molar-refractivity contribution in [2.24, 2.45) is 0 Å². The molecule has 2 aromatic carbocycles. The van der Waals surface area contributed by atoms with E-state index in [4.69, 9.17) is 4.98 Å². The molecule has 0 N–H and O–H groups in total. The van der Waals surface area contributed by atoms with Gasteiger partial charge in [-0.2, -0.15) is 0 Å². The molecule has 2 atom stereocenters. The van der Waals surface area contributed by atoms with Crippen LogP contribution in [0.1, 0.15) is 80.2 Å². The fraction of sp³-hybridized carbons (Fsp3) is 0.556. The molecule has 3 fully saturated rings. The Morgan fingerprint density at radius 2 is 1.58 bits per heavy atom. The van der Waals surface area contributed by atoms with Crippen LogP contribution in [0, 0.1) is 6.92 Å². The second kappa shape index (κ2) is 12.8. The van der Waals surface area contributed by atoms with Crippen molar-refractivity contribution in [3.8, 4) is 0 Å². The summed E-state index contributed by atoms with van der Waals surface area (Å²) in [6.45, 7) is 8.93. The van der Waals surface area contributed by atoms with Crippen LogP contribution < -0.4 is 4.90 Å². The van der Waals surface area contributed by atoms with Crippen molar-refractivity contribution in [2.45, 2.75) is 95.9 Å². The van der Waals surface area contributed by atoms with Crippen LogP contribution in [0.25, 0.3) is 0 Å². The van der Waals surface area contributed by atoms with E-state index in [-0.39, 0.29) is 6.03 Å². The maximum Gasteiger partial charge on any atom is 0.324 e. The van der Waals surface area contributed by atoms with E-state index in [0.29, 0.717) is 18.1 Å². The van der Waals surface area contributed by atoms with Gasteiger partial charge < -0.3 is 9.47 Å². The number of likely N-dealkylation sites (tertiary alicyclic amines) is 1. The van der Waals surface area contributed by atoms with Crippen molar-refractivity contribution >= 4 is 11.7 Å². The highest BCUT2D eigenvalue weighted by atomic mass is 16.2. The van der Waals surface area contributed by atoms with E-state index < -0.39 is 0 Å². The number of imidazole rings is 1. The number of hydrogen-bond donors (Lipinski definition) is 0. The summed E-state index contributed by atoms with van der Waals surface area (Å²) in [4.78, 5) is 28.2. The van der Waals surface area contributed by atoms with Gasteiger partial charge in [0.1, 0.15) is 5.82 Å². The van der Waals surface area contributed by atoms with Gasteiger partial charge in [-0.3, -0.25) is 14.7 Å². The number of hydrogen-bond acceptors (Lipinski definition) is 4. The lowest BCUT2D eigenvalue weighted by molar-refractivity contribution is 0.104. The summed E-state index contributed by atoms with van der Waals surface area (Å²) in [7, 11) is 0. The van der Waals surface area contributed by atoms with Crippen molar-refractivity contribution in [1.29, 1.82) is 0 Å². The fourth-order valence-electron chi connectivity index (χ4n) is 8.49. The number of nitrogens with zero attached hydrogens (tertiary/aromatic N) is 6. The lowest BCUT2D eigenvalue weighted by Gasteiger charge is -2.41. The first-order valence-corrected chi connectivity index (χ1v) is 16.8. The molecule has 2 unspecified atom stereocenters. The summed E-state index contributed by atoms with van der Waals surface area (Å²) in [5.41, 5.74) is 5.21. The molecule has 4 aliphatic heterocycles. The fourth-order valence-corrected chi connectivity index (χ4v) is 8.49. The Morgan fingerprint density at radius 1 is 0.884 bits per heavy atom. The highest BCUT2D eigenvalue weighted by Crippen LogP contribution is 2.42. The van der Waals surface area contributed by atoms with Gasteiger partial charge in [0.05, 0.1) is 5.69 Å². The van der Waals surface area contributed by atoms with Gasteiger partial charge in [-0.05, 0) is 76.0 Å². The number of aryl methyl sites for hydroxylation is 1. The number of para-hydroxylation sites is 1. The van der Waals surface area contributed by atoms with Gasteiger partial charge in [0, 0.05) is 81.7 Å². The number of urea groups is 1. The van der Waals surface area contributed by atoms with Gasteiger partial charge in [-0.15, -0.1) is 0 Å². The topological polar surface area (TPSA) is 47.9 Å². The number of anilines is 1. The van der Waals surface area contributed by atoms with E-state index >= 15 is 0 Å². The Kier molecular flexibility index (Phi) is 8.53. The van der Waals surface area contributed by atoms with Crippen molar-refractivity contribution in [2.75, 3.05) is 37.6 Å². The molecule has 2 amide bonds. The summed E-state index contributed by atoms with van der Waals surface area (Å²) in [6, 6.07) is 23.2. The largest absolute Gasteiger partial charge is 0.329 e. The third-order valence-corrected chi connectivity index (χ3v) is 10.5. The maximum absolute atomic E-state index is 13.6. The SMILES string of the molecule is Cc1nc2c(n1C1CC3CCC(C1)N3CCCN(C(=O)N1CCCCC1)c1ccccc1)CCN(Cc1ccccc1)C2. The molecule has 43 heavy (non-hydrogen) atoms. The van der Waals surface area contributed by atoms with Gasteiger partial charge in [0.2, 0.25) is 0 Å². The first-order chi connectivity index (χ1) is 21.1. The van der Waals surface area contributed by atoms with Crippen molar-refractivity contribution in [1.82, 2.24) is 24.3 Å². The molecule has 0 saturated carbocycles. The third kappa shape index (κ3) is 6.12. The molecule has 5 heterocycles. The first kappa shape index (κ1) is 28.6. The van der Waals surface area contributed by atoms with Crippen LogP contribution in [-0.4, -0.2) is 75.1 Å². The highest BCUT2D eigenvalue weighted by Gasteiger charge is 2.42. The van der Waals surface area contributed by atoms with Gasteiger partial charge in [0.25, 0.3) is 0 Å². The minimum absolute atomic E-state index is 0.190. The van der Waals surface area contributed by atoms with Gasteiger partial charge in [-0.1, -0.05) is 48.5 Å². The Bertz CT molecular complexity index is 1350. The zero-order valence-electron chi connectivity index (χ0n) is 25.9. The van der Waals surface area contributed by atoms with E-state index in [1.54, 1.807) is 0 Å². The summed E-state index contributed by atoms with van der Waals surface area (Å²) >= 11 is 0. The summed E-state index contributed by atoms with van der Waals surface area (Å²) in [6.07, 6.45) is 10.7. The number of fused-ring (bicyclic) bond motifs is 3. The number of carbonyl (C=O) groups is 1. The van der Waals surface area contributed by atoms with Crippen molar-refractivity contribution < 1.29 is 4.79 Å². The average Bonchev–Trinajstić information content (AvgIpc) is 3.49. The molecule has 2 bridgehead atoms. The van der Waals surface area contributed by atoms with Crippen LogP contribution in [0.3, 0.4) is 0 Å². The summed E-state index contributed by atoms with van der Waals surface area (Å²) in [5, 5.41) is 0. The molecular formula is C36H48N6O. The molecule has 0 radical (unpaired) electrons. The molecule has 0 spiro atoms. The third-order valence-electron chi connectivity index (χ3n) is 10.5. The Balaban J connectivity index is 0.979. The van der Waals surface area contributed by atoms with E-state index in [1.807, 2.05) is 11.0 Å². The van der Waals surface area contributed by atoms with Crippen LogP contribution in [0.2, 0.25) is 0 Å². The minimum Gasteiger partial charge on any atom is -0.329 e. The molecule has 3 saturated heterocycles. The molecular weight excluding hydrogens is 532 g/mol. The van der Waals surface area contributed by atoms with Crippen molar-refractivity contribution in [3.63, 3.8) is 0 Å². The maximum atomic E-state index is 13.6. The number of benzene rings is 2. The molecule has 1 aromatic heterocycles. The second-order valence-corrected chi connectivity index (χ2v) is 13.3. The molecule has 0 aliphatic carbocycles. The zero-order chi connectivity index (χ0) is 29.2. The zero-order valence-corrected chi connectivity index (χ0v) is 25.9. The molecule has 7 nitrogen and oxygen atoms in total. The Morgan fingerprint density at radius 3 is 2.30 bits per heavy atom. The molecule has 228 valence electrons. The van der Waals surface area contributed by atoms with Crippen LogP contribution in [0.4, 0.5) is 10.5 Å². The van der Waals surface area contributed by atoms with Crippen LogP contribution >= 0.6 is 0 Å². The van der Waals surface area contributed by atoms with Crippen LogP contribution in [0.5, 0.6) is 0 Å².